The molecule has 0 aliphatic carbocycles. The molecular weight excluding hydrogens is 256 g/mol. The van der Waals surface area contributed by atoms with Crippen molar-refractivity contribution in [2.24, 2.45) is 0 Å². The Morgan fingerprint density at radius 1 is 0.947 bits per heavy atom. The van der Waals surface area contributed by atoms with Crippen LogP contribution in [-0.4, -0.2) is 5.12 Å². The summed E-state index contributed by atoms with van der Waals surface area (Å²) in [5, 5.41) is -0.0793. The minimum Gasteiger partial charge on any atom is -0.489 e. The molecule has 0 amide bonds. The van der Waals surface area contributed by atoms with Crippen LogP contribution in [0.1, 0.15) is 17.5 Å². The molecule has 98 valence electrons. The molecule has 0 saturated heterocycles. The molecule has 3 heteroatoms. The zero-order valence-corrected chi connectivity index (χ0v) is 11.5. The van der Waals surface area contributed by atoms with E-state index in [4.69, 9.17) is 4.74 Å². The average Bonchev–Trinajstić information content (AvgIpc) is 2.45. The molecule has 0 N–H and O–H groups in total. The molecule has 0 bridgehead atoms. The number of carbonyl (C=O) groups is 1. The van der Waals surface area contributed by atoms with E-state index in [2.05, 4.69) is 12.6 Å². The van der Waals surface area contributed by atoms with E-state index in [-0.39, 0.29) is 5.12 Å². The van der Waals surface area contributed by atoms with Crippen molar-refractivity contribution >= 4 is 17.7 Å². The van der Waals surface area contributed by atoms with Crippen LogP contribution >= 0.6 is 12.6 Å². The Morgan fingerprint density at radius 2 is 1.63 bits per heavy atom. The summed E-state index contributed by atoms with van der Waals surface area (Å²) in [6.07, 6.45) is 1.19. The molecule has 19 heavy (non-hydrogen) atoms. The van der Waals surface area contributed by atoms with Crippen molar-refractivity contribution < 1.29 is 9.53 Å². The van der Waals surface area contributed by atoms with E-state index in [1.165, 1.54) is 0 Å². The predicted octanol–water partition coefficient (Wildman–Crippen LogP) is 3.65. The number of hydrogen-bond donors (Lipinski definition) is 1. The molecule has 0 fully saturated rings. The maximum atomic E-state index is 10.8. The number of thiol groups is 1. The molecule has 2 aromatic carbocycles. The number of benzene rings is 2. The van der Waals surface area contributed by atoms with E-state index in [9.17, 15) is 4.79 Å². The van der Waals surface area contributed by atoms with Crippen molar-refractivity contribution in [2.45, 2.75) is 19.4 Å². The van der Waals surface area contributed by atoms with E-state index in [1.807, 2.05) is 54.6 Å². The van der Waals surface area contributed by atoms with Crippen LogP contribution in [0.3, 0.4) is 0 Å². The van der Waals surface area contributed by atoms with Gasteiger partial charge in [0, 0.05) is 6.42 Å². The second-order valence-electron chi connectivity index (χ2n) is 4.31. The first-order valence-electron chi connectivity index (χ1n) is 6.21. The highest BCUT2D eigenvalue weighted by atomic mass is 32.1. The van der Waals surface area contributed by atoms with Gasteiger partial charge in [-0.3, -0.25) is 4.79 Å². The Kier molecular flexibility index (Phi) is 5.04. The third-order valence-corrected chi connectivity index (χ3v) is 3.02. The predicted molar refractivity (Wildman–Crippen MR) is 79.5 cm³/mol. The summed E-state index contributed by atoms with van der Waals surface area (Å²) >= 11 is 3.76. The summed E-state index contributed by atoms with van der Waals surface area (Å²) < 4.78 is 5.69. The molecule has 0 atom stereocenters. The first kappa shape index (κ1) is 13.7. The maximum absolute atomic E-state index is 10.8. The Hall–Kier alpha value is -1.74. The molecule has 0 aliphatic rings. The van der Waals surface area contributed by atoms with Crippen molar-refractivity contribution in [1.82, 2.24) is 0 Å². The summed E-state index contributed by atoms with van der Waals surface area (Å²) in [6.45, 7) is 0.565. The van der Waals surface area contributed by atoms with Crippen molar-refractivity contribution in [3.8, 4) is 5.75 Å². The van der Waals surface area contributed by atoms with Gasteiger partial charge in [-0.25, -0.2) is 0 Å². The normalized spacial score (nSPS) is 10.2. The molecule has 2 nitrogen and oxygen atoms in total. The third kappa shape index (κ3) is 4.79. The van der Waals surface area contributed by atoms with E-state index in [1.54, 1.807) is 0 Å². The Bertz CT molecular complexity index is 520. The van der Waals surface area contributed by atoms with Crippen LogP contribution in [0.25, 0.3) is 0 Å². The van der Waals surface area contributed by atoms with E-state index >= 15 is 0 Å². The fourth-order valence-corrected chi connectivity index (χ4v) is 1.86. The van der Waals surface area contributed by atoms with Gasteiger partial charge in [0.25, 0.3) is 0 Å². The highest BCUT2D eigenvalue weighted by Gasteiger charge is 1.99. The van der Waals surface area contributed by atoms with Gasteiger partial charge in [-0.1, -0.05) is 42.5 Å². The number of rotatable bonds is 6. The second kappa shape index (κ2) is 7.00. The van der Waals surface area contributed by atoms with Crippen LogP contribution in [0.2, 0.25) is 0 Å². The molecule has 0 radical (unpaired) electrons. The van der Waals surface area contributed by atoms with Crippen molar-refractivity contribution in [2.75, 3.05) is 0 Å². The van der Waals surface area contributed by atoms with Gasteiger partial charge in [0.15, 0.2) is 5.12 Å². The van der Waals surface area contributed by atoms with Gasteiger partial charge in [0.1, 0.15) is 12.4 Å². The Morgan fingerprint density at radius 3 is 2.26 bits per heavy atom. The molecular formula is C16H16O2S. The number of carbonyl (C=O) groups excluding carboxylic acids is 1. The Balaban J connectivity index is 1.86. The van der Waals surface area contributed by atoms with Gasteiger partial charge in [-0.05, 0) is 29.7 Å². The number of ether oxygens (including phenoxy) is 1. The minimum absolute atomic E-state index is 0.0793. The van der Waals surface area contributed by atoms with E-state index in [0.29, 0.717) is 13.0 Å². The van der Waals surface area contributed by atoms with Gasteiger partial charge < -0.3 is 4.74 Å². The molecule has 2 rings (SSSR count). The SMILES string of the molecule is O=C(S)CCc1ccc(OCc2ccccc2)cc1. The highest BCUT2D eigenvalue weighted by Crippen LogP contribution is 2.15. The van der Waals surface area contributed by atoms with Gasteiger partial charge in [-0.2, -0.15) is 0 Å². The summed E-state index contributed by atoms with van der Waals surface area (Å²) in [5.74, 6) is 0.838. The lowest BCUT2D eigenvalue weighted by Crippen LogP contribution is -1.96. The fraction of sp³-hybridized carbons (Fsp3) is 0.188. The molecule has 2 aromatic rings. The lowest BCUT2D eigenvalue weighted by Gasteiger charge is -2.07. The zero-order chi connectivity index (χ0) is 13.5. The molecule has 0 spiro atoms. The quantitative estimate of drug-likeness (QED) is 0.812. The average molecular weight is 272 g/mol. The summed E-state index contributed by atoms with van der Waals surface area (Å²) in [6, 6.07) is 17.9. The second-order valence-corrected chi connectivity index (χ2v) is 4.81. The van der Waals surface area contributed by atoms with Gasteiger partial charge in [0.05, 0.1) is 0 Å². The first-order valence-corrected chi connectivity index (χ1v) is 6.66. The maximum Gasteiger partial charge on any atom is 0.186 e. The monoisotopic (exact) mass is 272 g/mol. The van der Waals surface area contributed by atoms with Gasteiger partial charge in [0.2, 0.25) is 0 Å². The standard InChI is InChI=1S/C16H16O2S/c17-16(19)11-8-13-6-9-15(10-7-13)18-12-14-4-2-1-3-5-14/h1-7,9-10H,8,11-12H2,(H,17,19). The summed E-state index contributed by atoms with van der Waals surface area (Å²) in [4.78, 5) is 10.8. The van der Waals surface area contributed by atoms with Gasteiger partial charge in [-0.15, -0.1) is 12.6 Å². The number of aryl methyl sites for hydroxylation is 1. The van der Waals surface area contributed by atoms with Crippen LogP contribution in [-0.2, 0) is 17.8 Å². The van der Waals surface area contributed by atoms with Crippen molar-refractivity contribution in [1.29, 1.82) is 0 Å². The lowest BCUT2D eigenvalue weighted by molar-refractivity contribution is -0.110. The molecule has 0 aromatic heterocycles. The number of hydrogen-bond acceptors (Lipinski definition) is 2. The minimum atomic E-state index is -0.0793. The third-order valence-electron chi connectivity index (χ3n) is 2.80. The van der Waals surface area contributed by atoms with Crippen molar-refractivity contribution in [3.05, 3.63) is 65.7 Å². The molecule has 0 unspecified atom stereocenters. The largest absolute Gasteiger partial charge is 0.489 e. The van der Waals surface area contributed by atoms with E-state index < -0.39 is 0 Å². The van der Waals surface area contributed by atoms with Crippen LogP contribution in [0.4, 0.5) is 0 Å². The topological polar surface area (TPSA) is 26.3 Å². The van der Waals surface area contributed by atoms with E-state index in [0.717, 1.165) is 23.3 Å². The molecule has 0 aliphatic heterocycles. The summed E-state index contributed by atoms with van der Waals surface area (Å²) in [5.41, 5.74) is 2.27. The van der Waals surface area contributed by atoms with Gasteiger partial charge >= 0.3 is 0 Å². The van der Waals surface area contributed by atoms with Crippen LogP contribution < -0.4 is 4.74 Å². The smallest absolute Gasteiger partial charge is 0.186 e. The summed E-state index contributed by atoms with van der Waals surface area (Å²) in [7, 11) is 0. The van der Waals surface area contributed by atoms with Crippen LogP contribution in [0.5, 0.6) is 5.75 Å². The highest BCUT2D eigenvalue weighted by molar-refractivity contribution is 7.96. The molecule has 0 heterocycles. The molecule has 0 saturated carbocycles. The van der Waals surface area contributed by atoms with Crippen molar-refractivity contribution in [3.63, 3.8) is 0 Å². The zero-order valence-electron chi connectivity index (χ0n) is 10.6. The first-order chi connectivity index (χ1) is 9.24. The van der Waals surface area contributed by atoms with Crippen LogP contribution in [0, 0.1) is 0 Å². The van der Waals surface area contributed by atoms with Crippen LogP contribution in [0.15, 0.2) is 54.6 Å². The Labute approximate surface area is 118 Å². The fourth-order valence-electron chi connectivity index (χ4n) is 1.74. The lowest BCUT2D eigenvalue weighted by atomic mass is 10.1.